The Balaban J connectivity index is 1.74. The quantitative estimate of drug-likeness (QED) is 0.862. The summed E-state index contributed by atoms with van der Waals surface area (Å²) >= 11 is 0. The van der Waals surface area contributed by atoms with Gasteiger partial charge in [0.05, 0.1) is 12.6 Å². The lowest BCUT2D eigenvalue weighted by Crippen LogP contribution is -2.41. The molecule has 0 atom stereocenters. The summed E-state index contributed by atoms with van der Waals surface area (Å²) in [5.41, 5.74) is 1.31. The number of hydrogen-bond acceptors (Lipinski definition) is 4. The van der Waals surface area contributed by atoms with E-state index in [2.05, 4.69) is 4.98 Å². The van der Waals surface area contributed by atoms with Crippen molar-refractivity contribution in [1.29, 1.82) is 0 Å². The predicted octanol–water partition coefficient (Wildman–Crippen LogP) is 4.00. The van der Waals surface area contributed by atoms with Crippen LogP contribution in [-0.4, -0.2) is 46.9 Å². The fourth-order valence-electron chi connectivity index (χ4n) is 3.40. The Hall–Kier alpha value is -2.37. The number of nitrogens with one attached hydrogen (secondary N) is 1. The summed E-state index contributed by atoms with van der Waals surface area (Å²) in [6.45, 7) is 6.87. The number of methoxy groups -OCH3 is 1. The summed E-state index contributed by atoms with van der Waals surface area (Å²) in [6, 6.07) is 5.75. The van der Waals surface area contributed by atoms with Crippen LogP contribution in [0.4, 0.5) is 4.79 Å². The highest BCUT2D eigenvalue weighted by molar-refractivity contribution is 5.87. The number of benzene rings is 1. The van der Waals surface area contributed by atoms with E-state index in [1.807, 2.05) is 39.0 Å². The van der Waals surface area contributed by atoms with Crippen LogP contribution >= 0.6 is 0 Å². The average molecular weight is 346 g/mol. The number of hydrogen-bond donors (Lipinski definition) is 2. The summed E-state index contributed by atoms with van der Waals surface area (Å²) in [5.74, 6) is 1.17. The van der Waals surface area contributed by atoms with Crippen LogP contribution in [-0.2, 0) is 4.74 Å². The van der Waals surface area contributed by atoms with Gasteiger partial charge in [-0.15, -0.1) is 0 Å². The molecule has 0 bridgehead atoms. The normalized spacial score (nSPS) is 16.2. The number of piperidine rings is 1. The van der Waals surface area contributed by atoms with E-state index in [1.165, 1.54) is 0 Å². The van der Waals surface area contributed by atoms with Crippen LogP contribution in [0.15, 0.2) is 18.2 Å². The maximum absolute atomic E-state index is 12.2. The third-order valence-corrected chi connectivity index (χ3v) is 4.58. The minimum atomic E-state index is -0.484. The molecule has 0 spiro atoms. The third-order valence-electron chi connectivity index (χ3n) is 4.58. The molecule has 0 unspecified atom stereocenters. The fraction of sp³-hybridized carbons (Fsp3) is 0.526. The first-order valence-electron chi connectivity index (χ1n) is 8.65. The number of carbonyl (C=O) groups excluding carboxylic acids is 1. The third kappa shape index (κ3) is 3.67. The molecule has 1 aromatic heterocycles. The van der Waals surface area contributed by atoms with E-state index in [-0.39, 0.29) is 17.9 Å². The van der Waals surface area contributed by atoms with Gasteiger partial charge in [0.25, 0.3) is 0 Å². The van der Waals surface area contributed by atoms with Crippen molar-refractivity contribution >= 4 is 17.0 Å². The molecule has 0 radical (unpaired) electrons. The van der Waals surface area contributed by atoms with Crippen LogP contribution in [0.25, 0.3) is 10.9 Å². The molecule has 3 rings (SSSR count). The van der Waals surface area contributed by atoms with Gasteiger partial charge in [0.2, 0.25) is 0 Å². The first kappa shape index (κ1) is 17.5. The Morgan fingerprint density at radius 2 is 1.96 bits per heavy atom. The molecular formula is C19H26N2O4. The van der Waals surface area contributed by atoms with Crippen molar-refractivity contribution in [3.63, 3.8) is 0 Å². The van der Waals surface area contributed by atoms with E-state index < -0.39 is 5.60 Å². The number of nitrogens with zero attached hydrogens (tertiary/aromatic N) is 1. The van der Waals surface area contributed by atoms with Gasteiger partial charge in [0, 0.05) is 30.1 Å². The van der Waals surface area contributed by atoms with Crippen LogP contribution in [0.3, 0.4) is 0 Å². The number of carbonyl (C=O) groups is 1. The van der Waals surface area contributed by atoms with Gasteiger partial charge in [-0.3, -0.25) is 0 Å². The van der Waals surface area contributed by atoms with E-state index in [9.17, 15) is 9.90 Å². The molecule has 1 amide bonds. The van der Waals surface area contributed by atoms with Crippen LogP contribution < -0.4 is 4.74 Å². The van der Waals surface area contributed by atoms with Gasteiger partial charge < -0.3 is 24.5 Å². The largest absolute Gasteiger partial charge is 0.497 e. The molecule has 1 aliphatic heterocycles. The minimum Gasteiger partial charge on any atom is -0.497 e. The van der Waals surface area contributed by atoms with Crippen molar-refractivity contribution in [2.75, 3.05) is 20.2 Å². The van der Waals surface area contributed by atoms with Crippen molar-refractivity contribution in [2.45, 2.75) is 45.1 Å². The smallest absolute Gasteiger partial charge is 0.410 e. The zero-order valence-electron chi connectivity index (χ0n) is 15.3. The molecule has 1 aliphatic rings. The number of fused-ring (bicyclic) bond motifs is 1. The Morgan fingerprint density at radius 3 is 2.56 bits per heavy atom. The van der Waals surface area contributed by atoms with Crippen LogP contribution in [0.5, 0.6) is 11.6 Å². The Morgan fingerprint density at radius 1 is 1.28 bits per heavy atom. The van der Waals surface area contributed by atoms with Gasteiger partial charge in [-0.2, -0.15) is 0 Å². The predicted molar refractivity (Wildman–Crippen MR) is 96.3 cm³/mol. The first-order valence-corrected chi connectivity index (χ1v) is 8.65. The molecule has 1 aromatic carbocycles. The lowest BCUT2D eigenvalue weighted by molar-refractivity contribution is 0.0205. The lowest BCUT2D eigenvalue weighted by atomic mass is 9.89. The summed E-state index contributed by atoms with van der Waals surface area (Å²) in [7, 11) is 1.62. The maximum atomic E-state index is 12.2. The second-order valence-electron chi connectivity index (χ2n) is 7.54. The number of aromatic amines is 1. The topological polar surface area (TPSA) is 74.8 Å². The van der Waals surface area contributed by atoms with E-state index >= 15 is 0 Å². The molecule has 2 heterocycles. The molecular weight excluding hydrogens is 320 g/mol. The lowest BCUT2D eigenvalue weighted by Gasteiger charge is -2.33. The van der Waals surface area contributed by atoms with Gasteiger partial charge in [-0.1, -0.05) is 0 Å². The molecule has 2 aromatic rings. The zero-order valence-corrected chi connectivity index (χ0v) is 15.3. The molecule has 6 nitrogen and oxygen atoms in total. The van der Waals surface area contributed by atoms with Crippen molar-refractivity contribution in [3.05, 3.63) is 23.8 Å². The van der Waals surface area contributed by atoms with Crippen LogP contribution in [0.1, 0.15) is 45.1 Å². The summed E-state index contributed by atoms with van der Waals surface area (Å²) in [4.78, 5) is 17.0. The highest BCUT2D eigenvalue weighted by Crippen LogP contribution is 2.40. The standard InChI is InChI=1S/C19H26N2O4/c1-19(2,3)25-18(23)21-9-7-12(8-10-21)16-14-6-5-13(24-4)11-15(14)20-17(16)22/h5-6,11-12,20,22H,7-10H2,1-4H3. The van der Waals surface area contributed by atoms with Crippen molar-refractivity contribution < 1.29 is 19.4 Å². The SMILES string of the molecule is COc1ccc2c(C3CCN(C(=O)OC(C)(C)C)CC3)c(O)[nH]c2c1. The van der Waals surface area contributed by atoms with Crippen LogP contribution in [0.2, 0.25) is 0 Å². The summed E-state index contributed by atoms with van der Waals surface area (Å²) < 4.78 is 10.7. The highest BCUT2D eigenvalue weighted by atomic mass is 16.6. The molecule has 6 heteroatoms. The van der Waals surface area contributed by atoms with Crippen LogP contribution in [0, 0.1) is 0 Å². The monoisotopic (exact) mass is 346 g/mol. The average Bonchev–Trinajstić information content (AvgIpc) is 2.88. The molecule has 0 aliphatic carbocycles. The van der Waals surface area contributed by atoms with Gasteiger partial charge >= 0.3 is 6.09 Å². The number of likely N-dealkylation sites (tertiary alicyclic amines) is 1. The molecule has 136 valence electrons. The Labute approximate surface area is 147 Å². The van der Waals surface area contributed by atoms with Crippen molar-refractivity contribution in [3.8, 4) is 11.6 Å². The summed E-state index contributed by atoms with van der Waals surface area (Å²) in [5, 5.41) is 11.4. The van der Waals surface area contributed by atoms with E-state index in [4.69, 9.17) is 9.47 Å². The number of ether oxygens (including phenoxy) is 2. The van der Waals surface area contributed by atoms with Gasteiger partial charge in [-0.25, -0.2) is 4.79 Å². The molecule has 1 fully saturated rings. The minimum absolute atomic E-state index is 0.207. The van der Waals surface area contributed by atoms with E-state index in [0.29, 0.717) is 13.1 Å². The zero-order chi connectivity index (χ0) is 18.2. The van der Waals surface area contributed by atoms with E-state index in [1.54, 1.807) is 12.0 Å². The van der Waals surface area contributed by atoms with Crippen molar-refractivity contribution in [1.82, 2.24) is 9.88 Å². The number of aromatic nitrogens is 1. The number of aromatic hydroxyl groups is 1. The Kier molecular flexibility index (Phi) is 4.54. The van der Waals surface area contributed by atoms with Gasteiger partial charge in [0.1, 0.15) is 11.4 Å². The van der Waals surface area contributed by atoms with Crippen molar-refractivity contribution in [2.24, 2.45) is 0 Å². The first-order chi connectivity index (χ1) is 11.8. The fourth-order valence-corrected chi connectivity index (χ4v) is 3.40. The highest BCUT2D eigenvalue weighted by Gasteiger charge is 2.30. The Bertz CT molecular complexity index is 768. The molecule has 2 N–H and O–H groups in total. The number of rotatable bonds is 2. The maximum Gasteiger partial charge on any atom is 0.410 e. The number of H-pyrrole nitrogens is 1. The second kappa shape index (κ2) is 6.50. The van der Waals surface area contributed by atoms with Gasteiger partial charge in [0.15, 0.2) is 5.88 Å². The van der Waals surface area contributed by atoms with Gasteiger partial charge in [-0.05, 0) is 51.7 Å². The second-order valence-corrected chi connectivity index (χ2v) is 7.54. The molecule has 1 saturated heterocycles. The number of amides is 1. The summed E-state index contributed by atoms with van der Waals surface area (Å²) in [6.07, 6.45) is 1.33. The van der Waals surface area contributed by atoms with E-state index in [0.717, 1.165) is 35.1 Å². The molecule has 0 saturated carbocycles. The molecule has 25 heavy (non-hydrogen) atoms.